The predicted molar refractivity (Wildman–Crippen MR) is 98.2 cm³/mol. The number of benzene rings is 1. The SMILES string of the molecule is CCC(CC)C(O)CNC(=O)Nc1cccc(COC(C)C)c1C. The maximum atomic E-state index is 12.1. The summed E-state index contributed by atoms with van der Waals surface area (Å²) in [5.74, 6) is 0.212. The monoisotopic (exact) mass is 336 g/mol. The molecule has 0 saturated carbocycles. The summed E-state index contributed by atoms with van der Waals surface area (Å²) in [7, 11) is 0. The molecule has 1 rings (SSSR count). The Bertz CT molecular complexity index is 513. The Kier molecular flexibility index (Phi) is 8.79. The highest BCUT2D eigenvalue weighted by Crippen LogP contribution is 2.20. The number of anilines is 1. The molecule has 1 aromatic rings. The summed E-state index contributed by atoms with van der Waals surface area (Å²) >= 11 is 0. The van der Waals surface area contributed by atoms with Crippen LogP contribution in [0.1, 0.15) is 51.7 Å². The van der Waals surface area contributed by atoms with Crippen LogP contribution >= 0.6 is 0 Å². The molecule has 24 heavy (non-hydrogen) atoms. The number of hydrogen-bond donors (Lipinski definition) is 3. The van der Waals surface area contributed by atoms with Crippen LogP contribution in [-0.2, 0) is 11.3 Å². The fourth-order valence-electron chi connectivity index (χ4n) is 2.59. The minimum Gasteiger partial charge on any atom is -0.391 e. The van der Waals surface area contributed by atoms with E-state index in [1.807, 2.05) is 52.8 Å². The Labute approximate surface area is 145 Å². The molecule has 0 fully saturated rings. The molecule has 0 saturated heterocycles. The number of carbonyl (C=O) groups is 1. The zero-order chi connectivity index (χ0) is 18.1. The second kappa shape index (κ2) is 10.3. The summed E-state index contributed by atoms with van der Waals surface area (Å²) in [6, 6.07) is 5.47. The summed E-state index contributed by atoms with van der Waals surface area (Å²) in [5, 5.41) is 15.7. The van der Waals surface area contributed by atoms with Gasteiger partial charge in [-0.05, 0) is 43.9 Å². The van der Waals surface area contributed by atoms with Crippen molar-refractivity contribution in [3.8, 4) is 0 Å². The summed E-state index contributed by atoms with van der Waals surface area (Å²) in [4.78, 5) is 12.1. The number of ether oxygens (including phenoxy) is 1. The average molecular weight is 336 g/mol. The van der Waals surface area contributed by atoms with Crippen molar-refractivity contribution in [2.45, 2.75) is 66.3 Å². The molecule has 0 radical (unpaired) electrons. The van der Waals surface area contributed by atoms with Gasteiger partial charge in [0.1, 0.15) is 0 Å². The molecule has 0 bridgehead atoms. The molecule has 5 nitrogen and oxygen atoms in total. The number of urea groups is 1. The van der Waals surface area contributed by atoms with Crippen molar-refractivity contribution in [1.82, 2.24) is 5.32 Å². The second-order valence-electron chi connectivity index (χ2n) is 6.43. The first-order chi connectivity index (χ1) is 11.4. The first-order valence-corrected chi connectivity index (χ1v) is 8.81. The Hall–Kier alpha value is -1.59. The van der Waals surface area contributed by atoms with Crippen LogP contribution in [0.4, 0.5) is 10.5 Å². The molecule has 1 unspecified atom stereocenters. The lowest BCUT2D eigenvalue weighted by molar-refractivity contribution is 0.0654. The van der Waals surface area contributed by atoms with Gasteiger partial charge in [0.05, 0.1) is 18.8 Å². The van der Waals surface area contributed by atoms with Gasteiger partial charge in [0.15, 0.2) is 0 Å². The molecule has 1 atom stereocenters. The van der Waals surface area contributed by atoms with Crippen molar-refractivity contribution in [1.29, 1.82) is 0 Å². The molecule has 0 heterocycles. The Morgan fingerprint density at radius 3 is 2.50 bits per heavy atom. The molecular weight excluding hydrogens is 304 g/mol. The molecule has 136 valence electrons. The van der Waals surface area contributed by atoms with Gasteiger partial charge >= 0.3 is 6.03 Å². The van der Waals surface area contributed by atoms with Crippen LogP contribution in [0.2, 0.25) is 0 Å². The molecule has 1 aromatic carbocycles. The zero-order valence-electron chi connectivity index (χ0n) is 15.6. The number of aliphatic hydroxyl groups is 1. The number of aliphatic hydroxyl groups excluding tert-OH is 1. The normalized spacial score (nSPS) is 12.5. The molecule has 0 spiro atoms. The number of carbonyl (C=O) groups excluding carboxylic acids is 1. The summed E-state index contributed by atoms with van der Waals surface area (Å²) in [6.45, 7) is 10.8. The van der Waals surface area contributed by atoms with Crippen LogP contribution in [0.15, 0.2) is 18.2 Å². The first-order valence-electron chi connectivity index (χ1n) is 8.81. The van der Waals surface area contributed by atoms with E-state index in [9.17, 15) is 9.90 Å². The predicted octanol–water partition coefficient (Wildman–Crippen LogP) is 3.84. The van der Waals surface area contributed by atoms with Gasteiger partial charge in [-0.15, -0.1) is 0 Å². The third kappa shape index (κ3) is 6.49. The molecule has 0 aromatic heterocycles. The molecule has 2 amide bonds. The van der Waals surface area contributed by atoms with E-state index in [1.54, 1.807) is 0 Å². The maximum absolute atomic E-state index is 12.1. The molecule has 5 heteroatoms. The van der Waals surface area contributed by atoms with E-state index >= 15 is 0 Å². The summed E-state index contributed by atoms with van der Waals surface area (Å²) < 4.78 is 5.64. The van der Waals surface area contributed by atoms with Crippen LogP contribution < -0.4 is 10.6 Å². The Morgan fingerprint density at radius 1 is 1.25 bits per heavy atom. The third-order valence-corrected chi connectivity index (χ3v) is 4.33. The largest absolute Gasteiger partial charge is 0.391 e. The second-order valence-corrected chi connectivity index (χ2v) is 6.43. The fourth-order valence-corrected chi connectivity index (χ4v) is 2.59. The number of amides is 2. The van der Waals surface area contributed by atoms with Crippen molar-refractivity contribution < 1.29 is 14.6 Å². The van der Waals surface area contributed by atoms with Gasteiger partial charge in [0, 0.05) is 12.2 Å². The summed E-state index contributed by atoms with van der Waals surface area (Å²) in [5.41, 5.74) is 2.81. The van der Waals surface area contributed by atoms with E-state index in [0.29, 0.717) is 6.61 Å². The lowest BCUT2D eigenvalue weighted by Crippen LogP contribution is -2.38. The third-order valence-electron chi connectivity index (χ3n) is 4.33. The van der Waals surface area contributed by atoms with Gasteiger partial charge in [-0.3, -0.25) is 0 Å². The van der Waals surface area contributed by atoms with Crippen molar-refractivity contribution in [2.75, 3.05) is 11.9 Å². The smallest absolute Gasteiger partial charge is 0.319 e. The molecular formula is C19H32N2O3. The summed E-state index contributed by atoms with van der Waals surface area (Å²) in [6.07, 6.45) is 1.45. The average Bonchev–Trinajstić information content (AvgIpc) is 2.54. The quantitative estimate of drug-likeness (QED) is 0.641. The van der Waals surface area contributed by atoms with Crippen LogP contribution in [0.3, 0.4) is 0 Å². The topological polar surface area (TPSA) is 70.6 Å². The van der Waals surface area contributed by atoms with Crippen LogP contribution in [-0.4, -0.2) is 29.9 Å². The lowest BCUT2D eigenvalue weighted by atomic mass is 9.97. The highest BCUT2D eigenvalue weighted by atomic mass is 16.5. The van der Waals surface area contributed by atoms with Gasteiger partial charge in [0.25, 0.3) is 0 Å². The number of hydrogen-bond acceptors (Lipinski definition) is 3. The molecule has 0 aliphatic rings. The molecule has 0 aliphatic heterocycles. The minimum absolute atomic E-state index is 0.163. The minimum atomic E-state index is -0.516. The highest BCUT2D eigenvalue weighted by Gasteiger charge is 2.16. The van der Waals surface area contributed by atoms with Crippen molar-refractivity contribution >= 4 is 11.7 Å². The Balaban J connectivity index is 2.59. The van der Waals surface area contributed by atoms with E-state index in [2.05, 4.69) is 10.6 Å². The van der Waals surface area contributed by atoms with E-state index in [4.69, 9.17) is 4.74 Å². The van der Waals surface area contributed by atoms with Gasteiger partial charge in [0.2, 0.25) is 0 Å². The van der Waals surface area contributed by atoms with Crippen LogP contribution in [0.25, 0.3) is 0 Å². The van der Waals surface area contributed by atoms with Crippen LogP contribution in [0.5, 0.6) is 0 Å². The van der Waals surface area contributed by atoms with Crippen molar-refractivity contribution in [3.63, 3.8) is 0 Å². The van der Waals surface area contributed by atoms with Gasteiger partial charge < -0.3 is 20.5 Å². The van der Waals surface area contributed by atoms with E-state index in [-0.39, 0.29) is 24.6 Å². The van der Waals surface area contributed by atoms with Crippen molar-refractivity contribution in [3.05, 3.63) is 29.3 Å². The zero-order valence-corrected chi connectivity index (χ0v) is 15.6. The number of rotatable bonds is 9. The van der Waals surface area contributed by atoms with Crippen LogP contribution in [0, 0.1) is 12.8 Å². The van der Waals surface area contributed by atoms with E-state index < -0.39 is 6.10 Å². The van der Waals surface area contributed by atoms with Gasteiger partial charge in [-0.1, -0.05) is 38.8 Å². The van der Waals surface area contributed by atoms with Gasteiger partial charge in [-0.2, -0.15) is 0 Å². The first kappa shape index (κ1) is 20.5. The van der Waals surface area contributed by atoms with Gasteiger partial charge in [-0.25, -0.2) is 4.79 Å². The van der Waals surface area contributed by atoms with E-state index in [0.717, 1.165) is 29.7 Å². The molecule has 3 N–H and O–H groups in total. The maximum Gasteiger partial charge on any atom is 0.319 e. The molecule has 0 aliphatic carbocycles. The van der Waals surface area contributed by atoms with Crippen molar-refractivity contribution in [2.24, 2.45) is 5.92 Å². The number of nitrogens with one attached hydrogen (secondary N) is 2. The van der Waals surface area contributed by atoms with E-state index in [1.165, 1.54) is 0 Å². The Morgan fingerprint density at radius 2 is 1.92 bits per heavy atom. The fraction of sp³-hybridized carbons (Fsp3) is 0.632. The highest BCUT2D eigenvalue weighted by molar-refractivity contribution is 5.90. The standard InChI is InChI=1S/C19H32N2O3/c1-6-15(7-2)18(22)11-20-19(23)21-17-10-8-9-16(14(17)5)12-24-13(3)4/h8-10,13,15,18,22H,6-7,11-12H2,1-5H3,(H2,20,21,23). The lowest BCUT2D eigenvalue weighted by Gasteiger charge is -2.20.